The molecule has 2 rings (SSSR count). The second-order valence-corrected chi connectivity index (χ2v) is 6.60. The summed E-state index contributed by atoms with van der Waals surface area (Å²) in [5.74, 6) is 1.40. The minimum atomic E-state index is -0.447. The molecular formula is C16H18N2O4S. The van der Waals surface area contributed by atoms with E-state index in [2.05, 4.69) is 5.32 Å². The van der Waals surface area contributed by atoms with Crippen molar-refractivity contribution in [2.45, 2.75) is 37.0 Å². The molecule has 0 aliphatic heterocycles. The first-order valence-electron chi connectivity index (χ1n) is 7.14. The van der Waals surface area contributed by atoms with Gasteiger partial charge in [-0.05, 0) is 45.0 Å². The van der Waals surface area contributed by atoms with E-state index in [1.54, 1.807) is 19.1 Å². The van der Waals surface area contributed by atoms with Gasteiger partial charge in [0.25, 0.3) is 5.69 Å². The number of nitro benzene ring substituents is 1. The first kappa shape index (κ1) is 17.1. The maximum absolute atomic E-state index is 12.2. The predicted octanol–water partition coefficient (Wildman–Crippen LogP) is 3.85. The van der Waals surface area contributed by atoms with Gasteiger partial charge in [-0.2, -0.15) is 0 Å². The molecule has 0 spiro atoms. The lowest BCUT2D eigenvalue weighted by Crippen LogP contribution is -2.32. The Labute approximate surface area is 138 Å². The number of thioether (sulfide) groups is 1. The number of nitrogens with one attached hydrogen (secondary N) is 1. The van der Waals surface area contributed by atoms with Crippen LogP contribution in [-0.4, -0.2) is 16.1 Å². The normalized spacial score (nSPS) is 13.3. The van der Waals surface area contributed by atoms with E-state index >= 15 is 0 Å². The van der Waals surface area contributed by atoms with Gasteiger partial charge < -0.3 is 9.73 Å². The number of furan rings is 1. The Morgan fingerprint density at radius 3 is 2.39 bits per heavy atom. The average Bonchev–Trinajstić information content (AvgIpc) is 2.94. The highest BCUT2D eigenvalue weighted by Crippen LogP contribution is 2.26. The molecule has 1 amide bonds. The number of benzene rings is 1. The lowest BCUT2D eigenvalue weighted by molar-refractivity contribution is -0.384. The molecular weight excluding hydrogens is 316 g/mol. The number of hydrogen-bond donors (Lipinski definition) is 1. The summed E-state index contributed by atoms with van der Waals surface area (Å²) in [5.41, 5.74) is 0.0354. The number of amides is 1. The van der Waals surface area contributed by atoms with E-state index in [9.17, 15) is 14.9 Å². The second kappa shape index (κ2) is 7.32. The molecule has 2 aromatic rings. The van der Waals surface area contributed by atoms with Crippen molar-refractivity contribution < 1.29 is 14.1 Å². The predicted molar refractivity (Wildman–Crippen MR) is 88.4 cm³/mol. The zero-order valence-corrected chi connectivity index (χ0v) is 13.9. The van der Waals surface area contributed by atoms with Gasteiger partial charge in [0.05, 0.1) is 16.2 Å². The van der Waals surface area contributed by atoms with Crippen LogP contribution in [0.15, 0.2) is 45.7 Å². The molecule has 0 saturated heterocycles. The molecule has 1 aromatic heterocycles. The van der Waals surface area contributed by atoms with Crippen molar-refractivity contribution >= 4 is 23.4 Å². The fraction of sp³-hybridized carbons (Fsp3) is 0.312. The third kappa shape index (κ3) is 4.59. The summed E-state index contributed by atoms with van der Waals surface area (Å²) < 4.78 is 5.49. The van der Waals surface area contributed by atoms with Crippen LogP contribution in [0.4, 0.5) is 5.69 Å². The van der Waals surface area contributed by atoms with Gasteiger partial charge >= 0.3 is 0 Å². The first-order valence-corrected chi connectivity index (χ1v) is 8.02. The number of carbonyl (C=O) groups is 1. The number of nitrogens with zero attached hydrogens (tertiary/aromatic N) is 1. The van der Waals surface area contributed by atoms with Crippen LogP contribution in [-0.2, 0) is 4.79 Å². The van der Waals surface area contributed by atoms with Gasteiger partial charge in [0, 0.05) is 17.0 Å². The fourth-order valence-electron chi connectivity index (χ4n) is 1.99. The van der Waals surface area contributed by atoms with Crippen molar-refractivity contribution in [2.75, 3.05) is 0 Å². The molecule has 0 saturated carbocycles. The third-order valence-electron chi connectivity index (χ3n) is 3.28. The lowest BCUT2D eigenvalue weighted by Gasteiger charge is -2.16. The molecule has 7 heteroatoms. The van der Waals surface area contributed by atoms with Crippen molar-refractivity contribution in [2.24, 2.45) is 0 Å². The summed E-state index contributed by atoms with van der Waals surface area (Å²) in [6, 6.07) is 9.64. The number of hydrogen-bond acceptors (Lipinski definition) is 5. The van der Waals surface area contributed by atoms with Gasteiger partial charge in [-0.15, -0.1) is 11.8 Å². The van der Waals surface area contributed by atoms with E-state index in [4.69, 9.17) is 4.42 Å². The molecule has 1 aromatic carbocycles. The maximum atomic E-state index is 12.2. The molecule has 0 radical (unpaired) electrons. The molecule has 0 aliphatic rings. The van der Waals surface area contributed by atoms with Crippen LogP contribution in [0.3, 0.4) is 0 Å². The first-order chi connectivity index (χ1) is 10.9. The summed E-state index contributed by atoms with van der Waals surface area (Å²) in [4.78, 5) is 23.2. The van der Waals surface area contributed by atoms with Gasteiger partial charge in [-0.1, -0.05) is 0 Å². The quantitative estimate of drug-likeness (QED) is 0.492. The zero-order chi connectivity index (χ0) is 17.0. The molecule has 122 valence electrons. The third-order valence-corrected chi connectivity index (χ3v) is 4.39. The highest BCUT2D eigenvalue weighted by Gasteiger charge is 2.19. The molecule has 1 N–H and O–H groups in total. The Morgan fingerprint density at radius 1 is 1.22 bits per heavy atom. The van der Waals surface area contributed by atoms with Crippen molar-refractivity contribution in [3.05, 3.63) is 58.0 Å². The second-order valence-electron chi connectivity index (χ2n) is 5.19. The molecule has 0 fully saturated rings. The fourth-order valence-corrected chi connectivity index (χ4v) is 2.87. The number of non-ortho nitro benzene ring substituents is 1. The molecule has 6 nitrogen and oxygen atoms in total. The van der Waals surface area contributed by atoms with Crippen LogP contribution in [0.5, 0.6) is 0 Å². The van der Waals surface area contributed by atoms with Crippen LogP contribution in [0.1, 0.15) is 31.4 Å². The van der Waals surface area contributed by atoms with Crippen LogP contribution < -0.4 is 5.32 Å². The molecule has 1 heterocycles. The van der Waals surface area contributed by atoms with E-state index in [1.165, 1.54) is 23.9 Å². The minimum Gasteiger partial charge on any atom is -0.464 e. The minimum absolute atomic E-state index is 0.0354. The van der Waals surface area contributed by atoms with E-state index in [0.717, 1.165) is 10.7 Å². The summed E-state index contributed by atoms with van der Waals surface area (Å²) in [6.45, 7) is 5.51. The van der Waals surface area contributed by atoms with E-state index in [-0.39, 0.29) is 22.9 Å². The Hall–Kier alpha value is -2.28. The van der Waals surface area contributed by atoms with E-state index in [0.29, 0.717) is 5.76 Å². The van der Waals surface area contributed by atoms with E-state index < -0.39 is 4.92 Å². The standard InChI is InChI=1S/C16H18N2O4S/c1-10-4-9-15(22-10)11(2)17-16(19)12(3)23-14-7-5-13(6-8-14)18(20)21/h4-9,11-12H,1-3H3,(H,17,19). The largest absolute Gasteiger partial charge is 0.464 e. The van der Waals surface area contributed by atoms with Crippen molar-refractivity contribution in [3.63, 3.8) is 0 Å². The molecule has 2 unspecified atom stereocenters. The Bertz CT molecular complexity index is 696. The monoisotopic (exact) mass is 334 g/mol. The smallest absolute Gasteiger partial charge is 0.269 e. The molecule has 2 atom stereocenters. The number of aryl methyl sites for hydroxylation is 1. The SMILES string of the molecule is Cc1ccc(C(C)NC(=O)C(C)Sc2ccc([N+](=O)[O-])cc2)o1. The van der Waals surface area contributed by atoms with Gasteiger partial charge in [-0.3, -0.25) is 14.9 Å². The summed E-state index contributed by atoms with van der Waals surface area (Å²) in [5, 5.41) is 13.2. The number of rotatable bonds is 6. The number of nitro groups is 1. The highest BCUT2D eigenvalue weighted by molar-refractivity contribution is 8.00. The average molecular weight is 334 g/mol. The Balaban J connectivity index is 1.93. The Kier molecular flexibility index (Phi) is 5.44. The maximum Gasteiger partial charge on any atom is 0.269 e. The zero-order valence-electron chi connectivity index (χ0n) is 13.1. The van der Waals surface area contributed by atoms with Gasteiger partial charge in [0.15, 0.2) is 0 Å². The summed E-state index contributed by atoms with van der Waals surface area (Å²) in [6.07, 6.45) is 0. The van der Waals surface area contributed by atoms with Gasteiger partial charge in [-0.25, -0.2) is 0 Å². The summed E-state index contributed by atoms with van der Waals surface area (Å²) in [7, 11) is 0. The molecule has 0 bridgehead atoms. The van der Waals surface area contributed by atoms with Crippen LogP contribution in [0.2, 0.25) is 0 Å². The van der Waals surface area contributed by atoms with Gasteiger partial charge in [0.2, 0.25) is 5.91 Å². The summed E-state index contributed by atoms with van der Waals surface area (Å²) >= 11 is 1.35. The topological polar surface area (TPSA) is 85.4 Å². The van der Waals surface area contributed by atoms with Crippen molar-refractivity contribution in [3.8, 4) is 0 Å². The van der Waals surface area contributed by atoms with Crippen molar-refractivity contribution in [1.82, 2.24) is 5.32 Å². The number of carbonyl (C=O) groups excluding carboxylic acids is 1. The lowest BCUT2D eigenvalue weighted by atomic mass is 10.2. The Morgan fingerprint density at radius 2 is 1.87 bits per heavy atom. The van der Waals surface area contributed by atoms with Crippen molar-refractivity contribution in [1.29, 1.82) is 0 Å². The van der Waals surface area contributed by atoms with Crippen LogP contribution >= 0.6 is 11.8 Å². The van der Waals surface area contributed by atoms with Crippen LogP contribution in [0.25, 0.3) is 0 Å². The molecule has 0 aliphatic carbocycles. The highest BCUT2D eigenvalue weighted by atomic mass is 32.2. The molecule has 23 heavy (non-hydrogen) atoms. The van der Waals surface area contributed by atoms with E-state index in [1.807, 2.05) is 26.0 Å². The van der Waals surface area contributed by atoms with Crippen LogP contribution in [0, 0.1) is 17.0 Å². The van der Waals surface area contributed by atoms with Gasteiger partial charge in [0.1, 0.15) is 11.5 Å².